The highest BCUT2D eigenvalue weighted by Gasteiger charge is 2.27. The molecular weight excluding hydrogens is 598 g/mol. The second-order valence-electron chi connectivity index (χ2n) is 11.8. The number of hydrogen-bond donors (Lipinski definition) is 0. The summed E-state index contributed by atoms with van der Waals surface area (Å²) in [6.07, 6.45) is 0. The Bertz CT molecular complexity index is 2270. The molecule has 0 spiro atoms. The predicted molar refractivity (Wildman–Crippen MR) is 194 cm³/mol. The number of methoxy groups -OCH3 is 2. The van der Waals surface area contributed by atoms with E-state index in [1.165, 1.54) is 24.3 Å². The number of rotatable bonds is 6. The lowest BCUT2D eigenvalue weighted by atomic mass is 9.76. The van der Waals surface area contributed by atoms with E-state index in [0.29, 0.717) is 0 Å². The highest BCUT2D eigenvalue weighted by Crippen LogP contribution is 2.54. The number of hydrogen-bond acceptors (Lipinski definition) is 2. The molecule has 0 unspecified atom stereocenters. The molecule has 232 valence electrons. The van der Waals surface area contributed by atoms with E-state index in [9.17, 15) is 8.78 Å². The van der Waals surface area contributed by atoms with Gasteiger partial charge in [-0.2, -0.15) is 0 Å². The SMILES string of the molecule is COc1ccc(-c2c(-c3ccc(F)cc3)c(-c3ccc(F)cc3)c(-c3ccc(OC)cc3)c3c4ccccc4c4ccccc4c23)cc1. The molecule has 8 rings (SSSR count). The van der Waals surface area contributed by atoms with Crippen molar-refractivity contribution in [2.75, 3.05) is 14.2 Å². The van der Waals surface area contributed by atoms with Gasteiger partial charge in [-0.15, -0.1) is 0 Å². The lowest BCUT2D eigenvalue weighted by Gasteiger charge is -2.26. The molecule has 0 amide bonds. The lowest BCUT2D eigenvalue weighted by molar-refractivity contribution is 0.415. The van der Waals surface area contributed by atoms with Crippen molar-refractivity contribution in [2.24, 2.45) is 0 Å². The van der Waals surface area contributed by atoms with Crippen molar-refractivity contribution in [3.05, 3.63) is 157 Å². The molecule has 0 heterocycles. The molecule has 0 N–H and O–H groups in total. The molecule has 0 saturated carbocycles. The smallest absolute Gasteiger partial charge is 0.123 e. The first-order valence-corrected chi connectivity index (χ1v) is 15.8. The molecule has 2 nitrogen and oxygen atoms in total. The Kier molecular flexibility index (Phi) is 7.34. The summed E-state index contributed by atoms with van der Waals surface area (Å²) in [7, 11) is 3.31. The van der Waals surface area contributed by atoms with E-state index < -0.39 is 0 Å². The summed E-state index contributed by atoms with van der Waals surface area (Å²) in [5.74, 6) is 0.854. The monoisotopic (exact) mass is 628 g/mol. The topological polar surface area (TPSA) is 18.5 Å². The molecule has 0 atom stereocenters. The summed E-state index contributed by atoms with van der Waals surface area (Å²) in [6, 6.07) is 46.5. The average Bonchev–Trinajstić information content (AvgIpc) is 3.15. The summed E-state index contributed by atoms with van der Waals surface area (Å²) in [5.41, 5.74) is 7.48. The van der Waals surface area contributed by atoms with Gasteiger partial charge in [0.1, 0.15) is 23.1 Å². The van der Waals surface area contributed by atoms with Gasteiger partial charge in [0.05, 0.1) is 14.2 Å². The Morgan fingerprint density at radius 2 is 0.625 bits per heavy atom. The first-order chi connectivity index (χ1) is 23.6. The predicted octanol–water partition coefficient (Wildman–Crippen LogP) is 12.1. The van der Waals surface area contributed by atoms with Crippen LogP contribution in [0.1, 0.15) is 0 Å². The largest absolute Gasteiger partial charge is 0.497 e. The van der Waals surface area contributed by atoms with Gasteiger partial charge in [0.15, 0.2) is 0 Å². The normalized spacial score (nSPS) is 11.3. The molecule has 8 aromatic carbocycles. The van der Waals surface area contributed by atoms with E-state index in [1.54, 1.807) is 14.2 Å². The van der Waals surface area contributed by atoms with E-state index in [2.05, 4.69) is 72.8 Å². The third-order valence-electron chi connectivity index (χ3n) is 9.21. The van der Waals surface area contributed by atoms with E-state index >= 15 is 0 Å². The molecular formula is C44H30F2O2. The number of ether oxygens (including phenoxy) is 2. The van der Waals surface area contributed by atoms with Gasteiger partial charge in [0.2, 0.25) is 0 Å². The standard InChI is InChI=1S/C44H30F2O2/c1-47-33-23-15-29(16-24-33)41-39(27-11-19-31(45)20-12-27)40(28-13-21-32(46)22-14-28)42(30-17-25-34(48-2)26-18-30)44-38-10-6-4-8-36(38)35-7-3-5-9-37(35)43(41)44/h3-26H,1-2H3. The maximum Gasteiger partial charge on any atom is 0.123 e. The van der Waals surface area contributed by atoms with Gasteiger partial charge in [-0.1, -0.05) is 97.1 Å². The van der Waals surface area contributed by atoms with Gasteiger partial charge in [-0.25, -0.2) is 8.78 Å². The first kappa shape index (κ1) is 29.4. The van der Waals surface area contributed by atoms with Crippen LogP contribution in [-0.2, 0) is 0 Å². The maximum absolute atomic E-state index is 14.6. The second-order valence-corrected chi connectivity index (χ2v) is 11.8. The van der Waals surface area contributed by atoms with Gasteiger partial charge < -0.3 is 9.47 Å². The fourth-order valence-corrected chi connectivity index (χ4v) is 7.06. The van der Waals surface area contributed by atoms with Gasteiger partial charge in [-0.3, -0.25) is 0 Å². The van der Waals surface area contributed by atoms with Crippen LogP contribution in [-0.4, -0.2) is 14.2 Å². The highest BCUT2D eigenvalue weighted by molar-refractivity contribution is 6.35. The van der Waals surface area contributed by atoms with Crippen LogP contribution in [0.4, 0.5) is 8.78 Å². The van der Waals surface area contributed by atoms with Crippen molar-refractivity contribution in [3.63, 3.8) is 0 Å². The van der Waals surface area contributed by atoms with Crippen LogP contribution >= 0.6 is 0 Å². The molecule has 0 saturated heterocycles. The molecule has 0 aliphatic heterocycles. The van der Waals surface area contributed by atoms with Crippen LogP contribution < -0.4 is 9.47 Å². The Hall–Kier alpha value is -6.00. The van der Waals surface area contributed by atoms with Crippen molar-refractivity contribution in [1.29, 1.82) is 0 Å². The van der Waals surface area contributed by atoms with Crippen LogP contribution in [0.3, 0.4) is 0 Å². The summed E-state index contributed by atoms with van der Waals surface area (Å²) in [4.78, 5) is 0. The molecule has 0 aliphatic rings. The van der Waals surface area contributed by atoms with Crippen LogP contribution in [0.15, 0.2) is 146 Å². The molecule has 0 aromatic heterocycles. The third-order valence-corrected chi connectivity index (χ3v) is 9.21. The highest BCUT2D eigenvalue weighted by atomic mass is 19.1. The van der Waals surface area contributed by atoms with Gasteiger partial charge in [-0.05, 0) is 125 Å². The van der Waals surface area contributed by atoms with Crippen molar-refractivity contribution >= 4 is 32.3 Å². The zero-order valence-corrected chi connectivity index (χ0v) is 26.4. The zero-order chi connectivity index (χ0) is 32.8. The first-order valence-electron chi connectivity index (χ1n) is 15.8. The average molecular weight is 629 g/mol. The minimum Gasteiger partial charge on any atom is -0.497 e. The summed E-state index contributed by atoms with van der Waals surface area (Å²) in [6.45, 7) is 0. The Morgan fingerprint density at radius 3 is 0.958 bits per heavy atom. The Labute approximate surface area is 277 Å². The second kappa shape index (κ2) is 12.0. The Balaban J connectivity index is 1.72. The number of halogens is 2. The molecule has 0 radical (unpaired) electrons. The van der Waals surface area contributed by atoms with Crippen LogP contribution in [0.2, 0.25) is 0 Å². The van der Waals surface area contributed by atoms with E-state index in [-0.39, 0.29) is 11.6 Å². The summed E-state index contributed by atoms with van der Waals surface area (Å²) in [5, 5.41) is 6.61. The minimum absolute atomic E-state index is 0.319. The van der Waals surface area contributed by atoms with Gasteiger partial charge in [0.25, 0.3) is 0 Å². The maximum atomic E-state index is 14.6. The fraction of sp³-hybridized carbons (Fsp3) is 0.0455. The zero-order valence-electron chi connectivity index (χ0n) is 26.4. The van der Waals surface area contributed by atoms with Crippen molar-refractivity contribution in [1.82, 2.24) is 0 Å². The fourth-order valence-electron chi connectivity index (χ4n) is 7.06. The lowest BCUT2D eigenvalue weighted by Crippen LogP contribution is -1.99. The van der Waals surface area contributed by atoms with Gasteiger partial charge in [0, 0.05) is 0 Å². The number of fused-ring (bicyclic) bond motifs is 6. The van der Waals surface area contributed by atoms with Crippen LogP contribution in [0.25, 0.3) is 76.8 Å². The molecule has 48 heavy (non-hydrogen) atoms. The number of benzene rings is 8. The molecule has 0 aliphatic carbocycles. The van der Waals surface area contributed by atoms with Crippen molar-refractivity contribution in [3.8, 4) is 56.0 Å². The Morgan fingerprint density at radius 1 is 0.333 bits per heavy atom. The van der Waals surface area contributed by atoms with Crippen molar-refractivity contribution in [2.45, 2.75) is 0 Å². The molecule has 0 fully saturated rings. The minimum atomic E-state index is -0.319. The van der Waals surface area contributed by atoms with Crippen LogP contribution in [0, 0.1) is 11.6 Å². The molecule has 8 aromatic rings. The summed E-state index contributed by atoms with van der Waals surface area (Å²) < 4.78 is 40.2. The van der Waals surface area contributed by atoms with Crippen molar-refractivity contribution < 1.29 is 18.3 Å². The van der Waals surface area contributed by atoms with Crippen LogP contribution in [0.5, 0.6) is 11.5 Å². The van der Waals surface area contributed by atoms with E-state index in [0.717, 1.165) is 88.3 Å². The summed E-state index contributed by atoms with van der Waals surface area (Å²) >= 11 is 0. The van der Waals surface area contributed by atoms with E-state index in [1.807, 2.05) is 48.5 Å². The molecule has 4 heteroatoms. The third kappa shape index (κ3) is 4.85. The quantitative estimate of drug-likeness (QED) is 0.171. The van der Waals surface area contributed by atoms with Gasteiger partial charge >= 0.3 is 0 Å². The van der Waals surface area contributed by atoms with E-state index in [4.69, 9.17) is 9.47 Å². The molecule has 0 bridgehead atoms.